The van der Waals surface area contributed by atoms with Gasteiger partial charge >= 0.3 is 6.18 Å². The van der Waals surface area contributed by atoms with Gasteiger partial charge in [-0.2, -0.15) is 23.4 Å². The summed E-state index contributed by atoms with van der Waals surface area (Å²) >= 11 is 0. The van der Waals surface area contributed by atoms with E-state index in [1.165, 1.54) is 10.6 Å². The summed E-state index contributed by atoms with van der Waals surface area (Å²) in [5, 5.41) is 10.4. The minimum atomic E-state index is -4.78. The molecule has 1 amide bonds. The Bertz CT molecular complexity index is 1270. The Morgan fingerprint density at radius 2 is 1.54 bits per heavy atom. The van der Waals surface area contributed by atoms with Gasteiger partial charge in [0.15, 0.2) is 11.5 Å². The molecule has 7 nitrogen and oxygen atoms in total. The fourth-order valence-electron chi connectivity index (χ4n) is 3.59. The van der Waals surface area contributed by atoms with Crippen molar-refractivity contribution in [3.8, 4) is 17.2 Å². The molecule has 0 unspecified atom stereocenters. The Morgan fingerprint density at radius 1 is 0.973 bits per heavy atom. The molecule has 0 spiro atoms. The first-order valence-corrected chi connectivity index (χ1v) is 11.5. The average Bonchev–Trinajstić information content (AvgIpc) is 2.82. The third kappa shape index (κ3) is 7.75. The second-order valence-electron chi connectivity index (χ2n) is 10.1. The molecule has 10 heteroatoms. The number of hydrogen-bond acceptors (Lipinski definition) is 6. The minimum Gasteiger partial charge on any atom is -0.305 e. The van der Waals surface area contributed by atoms with E-state index in [4.69, 9.17) is 5.26 Å². The Balaban J connectivity index is 1.85. The van der Waals surface area contributed by atoms with Crippen LogP contribution in [-0.2, 0) is 12.7 Å². The number of alkyl halides is 3. The largest absolute Gasteiger partial charge is 0.433 e. The monoisotopic (exact) mass is 510 g/mol. The molecule has 0 saturated heterocycles. The van der Waals surface area contributed by atoms with Crippen molar-refractivity contribution in [2.75, 3.05) is 25.6 Å². The molecule has 0 bridgehead atoms. The highest BCUT2D eigenvalue weighted by molar-refractivity contribution is 5.95. The van der Waals surface area contributed by atoms with Crippen LogP contribution in [-0.4, -0.2) is 41.4 Å². The molecule has 0 radical (unpaired) electrons. The van der Waals surface area contributed by atoms with Gasteiger partial charge in [0.2, 0.25) is 5.82 Å². The quantitative estimate of drug-likeness (QED) is 0.435. The number of anilines is 1. The lowest BCUT2D eigenvalue weighted by molar-refractivity contribution is -0.141. The second kappa shape index (κ2) is 11.0. The van der Waals surface area contributed by atoms with Crippen LogP contribution < -0.4 is 10.4 Å². The van der Waals surface area contributed by atoms with Gasteiger partial charge in [-0.15, -0.1) is 0 Å². The molecular weight excluding hydrogens is 481 g/mol. The van der Waals surface area contributed by atoms with Gasteiger partial charge in [0, 0.05) is 24.7 Å². The number of rotatable bonds is 7. The van der Waals surface area contributed by atoms with Gasteiger partial charge in [-0.05, 0) is 48.3 Å². The first-order chi connectivity index (χ1) is 17.2. The first kappa shape index (κ1) is 27.6. The maximum Gasteiger partial charge on any atom is 0.433 e. The van der Waals surface area contributed by atoms with Gasteiger partial charge in [-0.1, -0.05) is 57.2 Å². The van der Waals surface area contributed by atoms with Crippen molar-refractivity contribution in [3.63, 3.8) is 0 Å². The summed E-state index contributed by atoms with van der Waals surface area (Å²) < 4.78 is 40.1. The van der Waals surface area contributed by atoms with Crippen LogP contribution in [0.15, 0.2) is 54.6 Å². The lowest BCUT2D eigenvalue weighted by Crippen LogP contribution is -2.47. The lowest BCUT2D eigenvalue weighted by Gasteiger charge is -2.31. The molecule has 0 aliphatic heterocycles. The summed E-state index contributed by atoms with van der Waals surface area (Å²) in [6.45, 7) is 6.55. The Kier molecular flexibility index (Phi) is 8.18. The topological polar surface area (TPSA) is 85.2 Å². The zero-order chi connectivity index (χ0) is 27.4. The van der Waals surface area contributed by atoms with Crippen molar-refractivity contribution >= 4 is 11.7 Å². The van der Waals surface area contributed by atoms with Crippen LogP contribution in [0.3, 0.4) is 0 Å². The van der Waals surface area contributed by atoms with Crippen LogP contribution >= 0.6 is 0 Å². The highest BCUT2D eigenvalue weighted by atomic mass is 19.4. The maximum atomic E-state index is 13.4. The van der Waals surface area contributed by atoms with Crippen molar-refractivity contribution < 1.29 is 18.0 Å². The second-order valence-corrected chi connectivity index (χ2v) is 10.1. The Labute approximate surface area is 214 Å². The van der Waals surface area contributed by atoms with Crippen molar-refractivity contribution in [3.05, 3.63) is 77.2 Å². The molecule has 2 aromatic carbocycles. The molecule has 0 aliphatic carbocycles. The Morgan fingerprint density at radius 3 is 2.03 bits per heavy atom. The molecule has 1 aromatic heterocycles. The van der Waals surface area contributed by atoms with E-state index >= 15 is 0 Å². The number of nitrogens with zero attached hydrogens (tertiary/aromatic N) is 5. The molecule has 3 aromatic rings. The number of carbonyl (C=O) groups is 1. The highest BCUT2D eigenvalue weighted by Gasteiger charge is 2.35. The molecule has 3 rings (SSSR count). The molecule has 1 heterocycles. The average molecular weight is 511 g/mol. The number of aromatic nitrogens is 2. The number of carbonyl (C=O) groups excluding carboxylic acids is 1. The molecular formula is C27H29F3N6O. The van der Waals surface area contributed by atoms with Gasteiger partial charge in [0.05, 0.1) is 0 Å². The lowest BCUT2D eigenvalue weighted by atomic mass is 9.96. The summed E-state index contributed by atoms with van der Waals surface area (Å²) in [5.74, 6) is -1.39. The van der Waals surface area contributed by atoms with Crippen molar-refractivity contribution in [1.82, 2.24) is 20.3 Å². The van der Waals surface area contributed by atoms with E-state index in [0.29, 0.717) is 5.56 Å². The number of hydrogen-bond donors (Lipinski definition) is 1. The van der Waals surface area contributed by atoms with Crippen LogP contribution in [0, 0.1) is 16.7 Å². The first-order valence-electron chi connectivity index (χ1n) is 11.5. The summed E-state index contributed by atoms with van der Waals surface area (Å²) in [6, 6.07) is 17.3. The zero-order valence-electron chi connectivity index (χ0n) is 21.4. The van der Waals surface area contributed by atoms with E-state index in [2.05, 4.69) is 20.3 Å². The summed E-state index contributed by atoms with van der Waals surface area (Å²) in [4.78, 5) is 22.3. The van der Waals surface area contributed by atoms with Gasteiger partial charge in [-0.25, -0.2) is 4.98 Å². The zero-order valence-corrected chi connectivity index (χ0v) is 21.4. The molecule has 194 valence electrons. The van der Waals surface area contributed by atoms with Gasteiger partial charge in [-0.3, -0.25) is 15.2 Å². The molecule has 37 heavy (non-hydrogen) atoms. The van der Waals surface area contributed by atoms with E-state index in [1.807, 2.05) is 71.3 Å². The fourth-order valence-corrected chi connectivity index (χ4v) is 3.59. The van der Waals surface area contributed by atoms with Crippen molar-refractivity contribution in [1.29, 1.82) is 5.26 Å². The van der Waals surface area contributed by atoms with Gasteiger partial charge in [0.1, 0.15) is 6.07 Å². The number of amides is 1. The van der Waals surface area contributed by atoms with E-state index in [9.17, 15) is 18.0 Å². The SMILES string of the molecule is CN(C)Cc1ccc(-c2ccc(C(=O)NN(CC(C)(C)C)c3cc(C(F)(F)F)nc(C#N)n3)cc2)cc1. The third-order valence-electron chi connectivity index (χ3n) is 5.18. The summed E-state index contributed by atoms with van der Waals surface area (Å²) in [7, 11) is 4.01. The number of nitrogens with one attached hydrogen (secondary N) is 1. The van der Waals surface area contributed by atoms with Gasteiger partial charge < -0.3 is 4.90 Å². The van der Waals surface area contributed by atoms with Crippen LogP contribution in [0.5, 0.6) is 0 Å². The maximum absolute atomic E-state index is 13.4. The van der Waals surface area contributed by atoms with E-state index < -0.39 is 29.0 Å². The molecule has 1 N–H and O–H groups in total. The van der Waals surface area contributed by atoms with Gasteiger partial charge in [0.25, 0.3) is 5.91 Å². The normalized spacial score (nSPS) is 11.8. The van der Waals surface area contributed by atoms with Crippen molar-refractivity contribution in [2.24, 2.45) is 5.41 Å². The fraction of sp³-hybridized carbons (Fsp3) is 0.333. The number of benzene rings is 2. The predicted octanol–water partition coefficient (Wildman–Crippen LogP) is 5.29. The molecule has 0 saturated carbocycles. The third-order valence-corrected chi connectivity index (χ3v) is 5.18. The molecule has 0 fully saturated rings. The summed E-state index contributed by atoms with van der Waals surface area (Å²) in [5.41, 5.74) is 4.37. The Hall–Kier alpha value is -3.97. The highest BCUT2D eigenvalue weighted by Crippen LogP contribution is 2.30. The molecule has 0 aliphatic rings. The van der Waals surface area contributed by atoms with Crippen LogP contribution in [0.2, 0.25) is 0 Å². The smallest absolute Gasteiger partial charge is 0.305 e. The minimum absolute atomic E-state index is 0.134. The number of halogens is 3. The van der Waals surface area contributed by atoms with Crippen molar-refractivity contribution in [2.45, 2.75) is 33.5 Å². The predicted molar refractivity (Wildman–Crippen MR) is 135 cm³/mol. The number of nitriles is 1. The van der Waals surface area contributed by atoms with E-state index in [0.717, 1.165) is 23.7 Å². The number of hydrazine groups is 1. The van der Waals surface area contributed by atoms with Crippen LogP contribution in [0.4, 0.5) is 19.0 Å². The van der Waals surface area contributed by atoms with E-state index in [-0.39, 0.29) is 12.4 Å². The summed E-state index contributed by atoms with van der Waals surface area (Å²) in [6.07, 6.45) is -4.78. The molecule has 0 atom stereocenters. The standard InChI is InChI=1S/C27H29F3N6O/c1-26(2,3)17-36(24-14-22(27(28,29)30)32-23(15-31)33-24)34-25(37)21-12-10-20(11-13-21)19-8-6-18(7-9-19)16-35(4)5/h6-14H,16-17H2,1-5H3,(H,34,37). The van der Waals surface area contributed by atoms with Crippen LogP contribution in [0.25, 0.3) is 11.1 Å². The van der Waals surface area contributed by atoms with Crippen LogP contribution in [0.1, 0.15) is 48.2 Å². The van der Waals surface area contributed by atoms with E-state index in [1.54, 1.807) is 18.2 Å².